The van der Waals surface area contributed by atoms with Gasteiger partial charge in [-0.25, -0.2) is 0 Å². The molecule has 4 fully saturated rings. The van der Waals surface area contributed by atoms with Crippen LogP contribution in [0.25, 0.3) is 0 Å². The first-order valence-electron chi connectivity index (χ1n) is 16.9. The van der Waals surface area contributed by atoms with Crippen LogP contribution in [-0.2, 0) is 18.9 Å². The molecule has 14 atom stereocenters. The maximum absolute atomic E-state index is 12.1. The Morgan fingerprint density at radius 3 is 1.13 bits per heavy atom. The molecule has 0 amide bonds. The van der Waals surface area contributed by atoms with Gasteiger partial charge in [0.25, 0.3) is 0 Å². The molecule has 54 heavy (non-hydrogen) atoms. The summed E-state index contributed by atoms with van der Waals surface area (Å²) in [6.07, 6.45) is -18.2. The molecular formula is C34H46O20. The molecule has 10 N–H and O–H groups in total. The van der Waals surface area contributed by atoms with Gasteiger partial charge in [-0.3, -0.25) is 0 Å². The summed E-state index contributed by atoms with van der Waals surface area (Å²) in [6.45, 7) is -2.22. The molecule has 4 aliphatic heterocycles. The molecule has 302 valence electrons. The molecule has 20 nitrogen and oxygen atoms in total. The predicted molar refractivity (Wildman–Crippen MR) is 175 cm³/mol. The van der Waals surface area contributed by atoms with Crippen LogP contribution in [0.5, 0.6) is 34.5 Å². The molecule has 20 heteroatoms. The van der Waals surface area contributed by atoms with Crippen LogP contribution in [0.4, 0.5) is 0 Å². The normalized spacial score (nSPS) is 39.1. The minimum absolute atomic E-state index is 0.00359. The zero-order valence-corrected chi connectivity index (χ0v) is 29.6. The number of hydrogen-bond donors (Lipinski definition) is 10. The monoisotopic (exact) mass is 774 g/mol. The highest BCUT2D eigenvalue weighted by molar-refractivity contribution is 5.57. The van der Waals surface area contributed by atoms with Gasteiger partial charge in [-0.2, -0.15) is 0 Å². The van der Waals surface area contributed by atoms with E-state index in [0.29, 0.717) is 0 Å². The molecule has 14 unspecified atom stereocenters. The molecule has 0 radical (unpaired) electrons. The zero-order chi connectivity index (χ0) is 39.3. The average Bonchev–Trinajstić information content (AvgIpc) is 3.60. The molecule has 4 heterocycles. The third-order valence-corrected chi connectivity index (χ3v) is 10.3. The van der Waals surface area contributed by atoms with Crippen molar-refractivity contribution in [1.82, 2.24) is 0 Å². The topological polar surface area (TPSA) is 295 Å². The molecular weight excluding hydrogens is 728 g/mol. The van der Waals surface area contributed by atoms with E-state index in [1.54, 1.807) is 0 Å². The first-order chi connectivity index (χ1) is 25.7. The van der Waals surface area contributed by atoms with Crippen LogP contribution >= 0.6 is 0 Å². The molecule has 4 saturated heterocycles. The van der Waals surface area contributed by atoms with Crippen LogP contribution < -0.4 is 28.4 Å². The summed E-state index contributed by atoms with van der Waals surface area (Å²) in [5.41, 5.74) is -3.66. The molecule has 6 rings (SSSR count). The van der Waals surface area contributed by atoms with Gasteiger partial charge < -0.3 is 98.4 Å². The third kappa shape index (κ3) is 6.58. The highest BCUT2D eigenvalue weighted by Gasteiger charge is 2.69. The molecule has 0 saturated carbocycles. The van der Waals surface area contributed by atoms with E-state index in [9.17, 15) is 51.1 Å². The summed E-state index contributed by atoms with van der Waals surface area (Å²) in [5, 5.41) is 105. The van der Waals surface area contributed by atoms with E-state index in [0.717, 1.165) is 0 Å². The smallest absolute Gasteiger partial charge is 0.229 e. The highest BCUT2D eigenvalue weighted by Crippen LogP contribution is 2.58. The maximum Gasteiger partial charge on any atom is 0.229 e. The Hall–Kier alpha value is -3.32. The molecule has 2 aromatic carbocycles. The fraction of sp³-hybridized carbons (Fsp3) is 0.647. The molecule has 4 aliphatic rings. The summed E-state index contributed by atoms with van der Waals surface area (Å²) in [5.74, 6) is -0.182. The Morgan fingerprint density at radius 2 is 0.852 bits per heavy atom. The van der Waals surface area contributed by atoms with Crippen LogP contribution in [-0.4, -0.2) is 179 Å². The minimum Gasteiger partial charge on any atom is -0.493 e. The quantitative estimate of drug-likeness (QED) is 0.0996. The standard InChI is InChI=1S/C34H46O20/c1-45-15-5-13(6-16(46-2)27(15)53-31-25(41)23(39)21(37)19(9-35)51-31)29-33(43)11-50-30(34(33,44)12-49-29)14-7-17(47-3)28(18(8-14)48-4)54-32-26(42)24(40)22(38)20(10-36)52-32/h5-8,19-26,29-32,35-44H,9-12H2,1-4H3. The summed E-state index contributed by atoms with van der Waals surface area (Å²) in [6, 6.07) is 5.73. The van der Waals surface area contributed by atoms with Crippen LogP contribution in [0.15, 0.2) is 24.3 Å². The lowest BCUT2D eigenvalue weighted by molar-refractivity contribution is -0.277. The van der Waals surface area contributed by atoms with Crippen molar-refractivity contribution in [1.29, 1.82) is 0 Å². The maximum atomic E-state index is 12.1. The number of hydrogen-bond acceptors (Lipinski definition) is 20. The second kappa shape index (κ2) is 15.7. The second-order valence-corrected chi connectivity index (χ2v) is 13.4. The summed E-state index contributed by atoms with van der Waals surface area (Å²) in [4.78, 5) is 0. The van der Waals surface area contributed by atoms with Crippen LogP contribution in [0, 0.1) is 0 Å². The second-order valence-electron chi connectivity index (χ2n) is 13.4. The molecule has 0 aromatic heterocycles. The summed E-state index contributed by atoms with van der Waals surface area (Å²) in [7, 11) is 5.22. The zero-order valence-electron chi connectivity index (χ0n) is 29.6. The van der Waals surface area contributed by atoms with Crippen molar-refractivity contribution in [2.45, 2.75) is 84.8 Å². The van der Waals surface area contributed by atoms with Gasteiger partial charge in [0, 0.05) is 0 Å². The Kier molecular flexibility index (Phi) is 11.7. The fourth-order valence-electron chi connectivity index (χ4n) is 7.19. The molecule has 2 aromatic rings. The van der Waals surface area contributed by atoms with E-state index < -0.39 is 111 Å². The van der Waals surface area contributed by atoms with Gasteiger partial charge in [-0.1, -0.05) is 0 Å². The van der Waals surface area contributed by atoms with Crippen LogP contribution in [0.3, 0.4) is 0 Å². The Labute approximate surface area is 308 Å². The van der Waals surface area contributed by atoms with Crippen molar-refractivity contribution in [3.8, 4) is 34.5 Å². The highest BCUT2D eigenvalue weighted by atomic mass is 16.7. The lowest BCUT2D eigenvalue weighted by Crippen LogP contribution is -2.60. The number of aliphatic hydroxyl groups excluding tert-OH is 8. The first kappa shape index (κ1) is 40.3. The van der Waals surface area contributed by atoms with Gasteiger partial charge in [-0.15, -0.1) is 0 Å². The Morgan fingerprint density at radius 1 is 0.537 bits per heavy atom. The predicted octanol–water partition coefficient (Wildman–Crippen LogP) is -3.62. The Balaban J connectivity index is 1.28. The SMILES string of the molecule is COc1cc(C2OCC3(O)C(c4cc(OC)c(OC5OC(CO)C(O)C(O)C5O)c(OC)c4)OCC23O)cc(OC)c1OC1OC(CO)C(O)C(O)C1O. The Bertz CT molecular complexity index is 1460. The lowest BCUT2D eigenvalue weighted by Gasteiger charge is -2.40. The molecule has 0 bridgehead atoms. The van der Waals surface area contributed by atoms with Crippen molar-refractivity contribution in [3.63, 3.8) is 0 Å². The van der Waals surface area contributed by atoms with Gasteiger partial charge >= 0.3 is 0 Å². The summed E-state index contributed by atoms with van der Waals surface area (Å²) < 4.78 is 56.8. The van der Waals surface area contributed by atoms with E-state index in [1.165, 1.54) is 52.7 Å². The number of fused-ring (bicyclic) bond motifs is 1. The number of benzene rings is 2. The number of ether oxygens (including phenoxy) is 10. The summed E-state index contributed by atoms with van der Waals surface area (Å²) >= 11 is 0. The largest absolute Gasteiger partial charge is 0.493 e. The minimum atomic E-state index is -2.08. The van der Waals surface area contributed by atoms with Gasteiger partial charge in [0.2, 0.25) is 24.1 Å². The van der Waals surface area contributed by atoms with Gasteiger partial charge in [-0.05, 0) is 35.4 Å². The van der Waals surface area contributed by atoms with Crippen molar-refractivity contribution >= 4 is 0 Å². The van der Waals surface area contributed by atoms with Crippen LogP contribution in [0.2, 0.25) is 0 Å². The number of methoxy groups -OCH3 is 4. The van der Waals surface area contributed by atoms with E-state index in [4.69, 9.17) is 47.4 Å². The van der Waals surface area contributed by atoms with E-state index in [1.807, 2.05) is 0 Å². The van der Waals surface area contributed by atoms with E-state index in [2.05, 4.69) is 0 Å². The first-order valence-corrected chi connectivity index (χ1v) is 16.9. The molecule has 0 spiro atoms. The van der Waals surface area contributed by atoms with Crippen molar-refractivity contribution < 1.29 is 98.4 Å². The van der Waals surface area contributed by atoms with E-state index >= 15 is 0 Å². The van der Waals surface area contributed by atoms with Crippen molar-refractivity contribution in [3.05, 3.63) is 35.4 Å². The average molecular weight is 775 g/mol. The number of rotatable bonds is 12. The van der Waals surface area contributed by atoms with Crippen molar-refractivity contribution in [2.24, 2.45) is 0 Å². The van der Waals surface area contributed by atoms with Crippen LogP contribution in [0.1, 0.15) is 23.3 Å². The van der Waals surface area contributed by atoms with E-state index in [-0.39, 0.29) is 45.6 Å². The van der Waals surface area contributed by atoms with Gasteiger partial charge in [0.15, 0.2) is 34.2 Å². The fourth-order valence-corrected chi connectivity index (χ4v) is 7.19. The van der Waals surface area contributed by atoms with Gasteiger partial charge in [0.1, 0.15) is 61.0 Å². The third-order valence-electron chi connectivity index (χ3n) is 10.3. The lowest BCUT2D eigenvalue weighted by atomic mass is 9.77. The molecule has 0 aliphatic carbocycles. The number of aliphatic hydroxyl groups is 10. The van der Waals surface area contributed by atoms with Crippen molar-refractivity contribution in [2.75, 3.05) is 54.9 Å². The van der Waals surface area contributed by atoms with Gasteiger partial charge in [0.05, 0.1) is 54.9 Å².